The third kappa shape index (κ3) is 4.97. The van der Waals surface area contributed by atoms with Crippen molar-refractivity contribution >= 4 is 5.91 Å². The van der Waals surface area contributed by atoms with Crippen molar-refractivity contribution in [2.75, 3.05) is 6.54 Å². The Morgan fingerprint density at radius 3 is 2.65 bits per heavy atom. The summed E-state index contributed by atoms with van der Waals surface area (Å²) in [6.45, 7) is 0.789. The highest BCUT2D eigenvalue weighted by molar-refractivity contribution is 5.76. The van der Waals surface area contributed by atoms with Gasteiger partial charge in [-0.3, -0.25) is 4.79 Å². The van der Waals surface area contributed by atoms with E-state index >= 15 is 0 Å². The van der Waals surface area contributed by atoms with Gasteiger partial charge in [-0.05, 0) is 24.3 Å². The monoisotopic (exact) mass is 274 g/mol. The predicted octanol–water partition coefficient (Wildman–Crippen LogP) is 3.16. The molecule has 0 bridgehead atoms. The van der Waals surface area contributed by atoms with E-state index in [1.165, 1.54) is 32.1 Å². The van der Waals surface area contributed by atoms with Gasteiger partial charge in [0.2, 0.25) is 5.91 Å². The Labute approximate surface area is 121 Å². The molecule has 2 rings (SSSR count). The number of amides is 1. The number of nitrogens with one attached hydrogen (secondary N) is 1. The van der Waals surface area contributed by atoms with Crippen LogP contribution in [0.3, 0.4) is 0 Å². The number of rotatable bonds is 7. The van der Waals surface area contributed by atoms with E-state index in [4.69, 9.17) is 5.73 Å². The molecule has 3 nitrogen and oxygen atoms in total. The fraction of sp³-hybridized carbons (Fsp3) is 0.588. The molecule has 3 N–H and O–H groups in total. The largest absolute Gasteiger partial charge is 0.356 e. The number of carbonyl (C=O) groups is 1. The Kier molecular flexibility index (Phi) is 6.06. The van der Waals surface area contributed by atoms with Gasteiger partial charge in [-0.25, -0.2) is 0 Å². The van der Waals surface area contributed by atoms with E-state index in [2.05, 4.69) is 5.32 Å². The van der Waals surface area contributed by atoms with Gasteiger partial charge in [0, 0.05) is 19.0 Å². The molecule has 1 saturated carbocycles. The van der Waals surface area contributed by atoms with Crippen LogP contribution in [0.1, 0.15) is 56.6 Å². The molecule has 1 amide bonds. The summed E-state index contributed by atoms with van der Waals surface area (Å²) in [7, 11) is 0. The van der Waals surface area contributed by atoms with Gasteiger partial charge in [0.05, 0.1) is 0 Å². The van der Waals surface area contributed by atoms with E-state index in [1.807, 2.05) is 30.3 Å². The van der Waals surface area contributed by atoms with Gasteiger partial charge in [-0.15, -0.1) is 0 Å². The fourth-order valence-electron chi connectivity index (χ4n) is 3.01. The zero-order chi connectivity index (χ0) is 14.2. The minimum atomic E-state index is -0.203. The highest BCUT2D eigenvalue weighted by Gasteiger charge is 2.14. The first kappa shape index (κ1) is 15.0. The van der Waals surface area contributed by atoms with Crippen molar-refractivity contribution in [1.82, 2.24) is 5.32 Å². The van der Waals surface area contributed by atoms with Crippen LogP contribution < -0.4 is 11.1 Å². The molecule has 1 unspecified atom stereocenters. The van der Waals surface area contributed by atoms with Gasteiger partial charge < -0.3 is 11.1 Å². The molecule has 0 heterocycles. The summed E-state index contributed by atoms with van der Waals surface area (Å²) in [4.78, 5) is 11.8. The summed E-state index contributed by atoms with van der Waals surface area (Å²) in [5, 5.41) is 2.99. The molecule has 110 valence electrons. The third-order valence-corrected chi connectivity index (χ3v) is 4.22. The maximum Gasteiger partial charge on any atom is 0.221 e. The topological polar surface area (TPSA) is 55.1 Å². The lowest BCUT2D eigenvalue weighted by Gasteiger charge is -2.13. The standard InChI is InChI=1S/C17H26N2O/c18-16(15-10-2-1-3-11-15)13-17(20)19-12-6-9-14-7-4-5-8-14/h1-3,10-11,14,16H,4-9,12-13,18H2,(H,19,20). The fourth-order valence-corrected chi connectivity index (χ4v) is 3.01. The molecular formula is C17H26N2O. The first-order chi connectivity index (χ1) is 9.75. The predicted molar refractivity (Wildman–Crippen MR) is 82.2 cm³/mol. The summed E-state index contributed by atoms with van der Waals surface area (Å²) < 4.78 is 0. The van der Waals surface area contributed by atoms with Crippen LogP contribution in [-0.2, 0) is 4.79 Å². The lowest BCUT2D eigenvalue weighted by molar-refractivity contribution is -0.121. The van der Waals surface area contributed by atoms with E-state index in [0.29, 0.717) is 6.42 Å². The van der Waals surface area contributed by atoms with Crippen LogP contribution in [0.15, 0.2) is 30.3 Å². The smallest absolute Gasteiger partial charge is 0.221 e. The molecule has 0 spiro atoms. The first-order valence-corrected chi connectivity index (χ1v) is 7.83. The van der Waals surface area contributed by atoms with Crippen LogP contribution in [0.5, 0.6) is 0 Å². The average molecular weight is 274 g/mol. The zero-order valence-corrected chi connectivity index (χ0v) is 12.2. The lowest BCUT2D eigenvalue weighted by Crippen LogP contribution is -2.28. The van der Waals surface area contributed by atoms with E-state index in [1.54, 1.807) is 0 Å². The number of carbonyl (C=O) groups excluding carboxylic acids is 1. The second kappa shape index (κ2) is 8.05. The van der Waals surface area contributed by atoms with E-state index in [0.717, 1.165) is 24.4 Å². The third-order valence-electron chi connectivity index (χ3n) is 4.22. The first-order valence-electron chi connectivity index (χ1n) is 7.83. The molecule has 1 aliphatic carbocycles. The van der Waals surface area contributed by atoms with Gasteiger partial charge in [0.25, 0.3) is 0 Å². The summed E-state index contributed by atoms with van der Waals surface area (Å²) in [5.74, 6) is 0.964. The Bertz CT molecular complexity index is 399. The highest BCUT2D eigenvalue weighted by atomic mass is 16.1. The van der Waals surface area contributed by atoms with E-state index < -0.39 is 0 Å². The van der Waals surface area contributed by atoms with Crippen LogP contribution in [0.4, 0.5) is 0 Å². The molecule has 0 aliphatic heterocycles. The number of benzene rings is 1. The normalized spacial score (nSPS) is 17.1. The zero-order valence-electron chi connectivity index (χ0n) is 12.2. The molecule has 1 aromatic rings. The van der Waals surface area contributed by atoms with Gasteiger partial charge in [0.15, 0.2) is 0 Å². The molecule has 1 aromatic carbocycles. The Balaban J connectivity index is 1.60. The Morgan fingerprint density at radius 2 is 1.95 bits per heavy atom. The van der Waals surface area contributed by atoms with Crippen molar-refractivity contribution in [3.8, 4) is 0 Å². The van der Waals surface area contributed by atoms with Crippen molar-refractivity contribution in [2.45, 2.75) is 51.0 Å². The van der Waals surface area contributed by atoms with Crippen molar-refractivity contribution in [3.63, 3.8) is 0 Å². The van der Waals surface area contributed by atoms with Crippen LogP contribution in [0.2, 0.25) is 0 Å². The van der Waals surface area contributed by atoms with E-state index in [-0.39, 0.29) is 11.9 Å². The maximum absolute atomic E-state index is 11.8. The summed E-state index contributed by atoms with van der Waals surface area (Å²) in [5.41, 5.74) is 7.06. The molecule has 0 saturated heterocycles. The van der Waals surface area contributed by atoms with Crippen LogP contribution >= 0.6 is 0 Å². The second-order valence-corrected chi connectivity index (χ2v) is 5.86. The molecule has 1 fully saturated rings. The molecular weight excluding hydrogens is 248 g/mol. The van der Waals surface area contributed by atoms with Crippen molar-refractivity contribution in [2.24, 2.45) is 11.7 Å². The molecule has 1 aliphatic rings. The molecule has 0 aromatic heterocycles. The highest BCUT2D eigenvalue weighted by Crippen LogP contribution is 2.28. The van der Waals surface area contributed by atoms with Crippen LogP contribution in [0, 0.1) is 5.92 Å². The summed E-state index contributed by atoms with van der Waals surface area (Å²) in [6.07, 6.45) is 8.26. The molecule has 20 heavy (non-hydrogen) atoms. The molecule has 3 heteroatoms. The van der Waals surface area contributed by atoms with Gasteiger partial charge in [0.1, 0.15) is 0 Å². The van der Waals surface area contributed by atoms with Crippen molar-refractivity contribution in [1.29, 1.82) is 0 Å². The maximum atomic E-state index is 11.8. The van der Waals surface area contributed by atoms with Gasteiger partial charge in [-0.2, -0.15) is 0 Å². The van der Waals surface area contributed by atoms with E-state index in [9.17, 15) is 4.79 Å². The Hall–Kier alpha value is -1.35. The van der Waals surface area contributed by atoms with Crippen LogP contribution in [-0.4, -0.2) is 12.5 Å². The second-order valence-electron chi connectivity index (χ2n) is 5.86. The number of hydrogen-bond acceptors (Lipinski definition) is 2. The van der Waals surface area contributed by atoms with Crippen molar-refractivity contribution < 1.29 is 4.79 Å². The minimum Gasteiger partial charge on any atom is -0.356 e. The molecule has 0 radical (unpaired) electrons. The summed E-state index contributed by atoms with van der Waals surface area (Å²) >= 11 is 0. The van der Waals surface area contributed by atoms with Crippen LogP contribution in [0.25, 0.3) is 0 Å². The number of nitrogens with two attached hydrogens (primary N) is 1. The SMILES string of the molecule is NC(CC(=O)NCCCC1CCCC1)c1ccccc1. The summed E-state index contributed by atoms with van der Waals surface area (Å²) in [6, 6.07) is 9.60. The number of hydrogen-bond donors (Lipinski definition) is 2. The van der Waals surface area contributed by atoms with Gasteiger partial charge in [-0.1, -0.05) is 56.0 Å². The average Bonchev–Trinajstić information content (AvgIpc) is 2.98. The lowest BCUT2D eigenvalue weighted by atomic mass is 10.0. The quantitative estimate of drug-likeness (QED) is 0.750. The molecule has 1 atom stereocenters. The van der Waals surface area contributed by atoms with Crippen molar-refractivity contribution in [3.05, 3.63) is 35.9 Å². The minimum absolute atomic E-state index is 0.0628. The Morgan fingerprint density at radius 1 is 1.25 bits per heavy atom. The van der Waals surface area contributed by atoms with Gasteiger partial charge >= 0.3 is 0 Å².